The topological polar surface area (TPSA) is 26.0 Å². The summed E-state index contributed by atoms with van der Waals surface area (Å²) in [6, 6.07) is 0. The first-order chi connectivity index (χ1) is 7.15. The van der Waals surface area contributed by atoms with Crippen molar-refractivity contribution in [3.05, 3.63) is 32.5 Å². The van der Waals surface area contributed by atoms with Gasteiger partial charge < -0.3 is 5.73 Å². The monoisotopic (exact) mass is 315 g/mol. The lowest BCUT2D eigenvalue weighted by Crippen LogP contribution is -2.35. The number of hydrogen-bond donors (Lipinski definition) is 1. The van der Waals surface area contributed by atoms with Crippen molar-refractivity contribution >= 4 is 27.5 Å². The summed E-state index contributed by atoms with van der Waals surface area (Å²) in [6.07, 6.45) is -0.00950. The van der Waals surface area contributed by atoms with Gasteiger partial charge in [0.2, 0.25) is 0 Å². The molecule has 1 aromatic carbocycles. The van der Waals surface area contributed by atoms with Crippen LogP contribution < -0.4 is 5.73 Å². The molecule has 0 bridgehead atoms. The van der Waals surface area contributed by atoms with Gasteiger partial charge in [-0.1, -0.05) is 11.6 Å². The Balaban J connectivity index is 3.40. The molecular weight excluding hydrogens is 306 g/mol. The van der Waals surface area contributed by atoms with Crippen molar-refractivity contribution in [3.8, 4) is 0 Å². The third-order valence-corrected chi connectivity index (χ3v) is 3.09. The summed E-state index contributed by atoms with van der Waals surface area (Å²) in [4.78, 5) is 0. The Hall–Kier alpha value is -0.260. The van der Waals surface area contributed by atoms with Gasteiger partial charge in [-0.25, -0.2) is 13.2 Å². The Bertz CT molecular complexity index is 400. The summed E-state index contributed by atoms with van der Waals surface area (Å²) in [7, 11) is 0. The number of benzene rings is 1. The lowest BCUT2D eigenvalue weighted by Gasteiger charge is -2.20. The number of nitrogens with two attached hydrogens (primary N) is 1. The Morgan fingerprint density at radius 1 is 1.19 bits per heavy atom. The maximum absolute atomic E-state index is 13.5. The first-order valence-electron chi connectivity index (χ1n) is 4.44. The van der Waals surface area contributed by atoms with Gasteiger partial charge in [0.1, 0.15) is 5.02 Å². The fourth-order valence-corrected chi connectivity index (χ4v) is 2.07. The molecule has 0 aliphatic rings. The molecule has 0 aliphatic carbocycles. The van der Waals surface area contributed by atoms with Crippen LogP contribution in [0, 0.1) is 17.5 Å². The molecule has 0 amide bonds. The highest BCUT2D eigenvalue weighted by Gasteiger charge is 2.25. The zero-order valence-corrected chi connectivity index (χ0v) is 11.0. The molecule has 16 heavy (non-hydrogen) atoms. The highest BCUT2D eigenvalue weighted by molar-refractivity contribution is 9.10. The molecule has 2 N–H and O–H groups in total. The van der Waals surface area contributed by atoms with Crippen molar-refractivity contribution in [2.24, 2.45) is 5.73 Å². The predicted octanol–water partition coefficient (Wildman–Crippen LogP) is 3.80. The predicted molar refractivity (Wildman–Crippen MR) is 61.0 cm³/mol. The Morgan fingerprint density at radius 3 is 2.12 bits per heavy atom. The van der Waals surface area contributed by atoms with E-state index in [-0.39, 0.29) is 16.5 Å². The normalized spacial score (nSPS) is 12.0. The lowest BCUT2D eigenvalue weighted by molar-refractivity contribution is 0.454. The van der Waals surface area contributed by atoms with Gasteiger partial charge in [0.15, 0.2) is 17.5 Å². The van der Waals surface area contributed by atoms with Crippen molar-refractivity contribution in [1.29, 1.82) is 0 Å². The van der Waals surface area contributed by atoms with Crippen molar-refractivity contribution in [3.63, 3.8) is 0 Å². The van der Waals surface area contributed by atoms with Gasteiger partial charge in [-0.15, -0.1) is 0 Å². The first kappa shape index (κ1) is 13.8. The molecule has 0 saturated heterocycles. The van der Waals surface area contributed by atoms with Crippen LogP contribution >= 0.6 is 27.5 Å². The van der Waals surface area contributed by atoms with Gasteiger partial charge in [0.25, 0.3) is 0 Å². The molecule has 0 atom stereocenters. The molecule has 0 radical (unpaired) electrons. The zero-order chi connectivity index (χ0) is 12.7. The maximum atomic E-state index is 13.5. The molecule has 0 unspecified atom stereocenters. The Morgan fingerprint density at radius 2 is 1.69 bits per heavy atom. The third-order valence-electron chi connectivity index (χ3n) is 1.93. The van der Waals surface area contributed by atoms with Gasteiger partial charge in [0.05, 0.1) is 4.47 Å². The molecule has 0 aliphatic heterocycles. The molecule has 90 valence electrons. The van der Waals surface area contributed by atoms with Crippen molar-refractivity contribution in [2.75, 3.05) is 0 Å². The summed E-state index contributed by atoms with van der Waals surface area (Å²) in [6.45, 7) is 3.26. The lowest BCUT2D eigenvalue weighted by atomic mass is 9.95. The summed E-state index contributed by atoms with van der Waals surface area (Å²) >= 11 is 8.13. The average molecular weight is 317 g/mol. The van der Waals surface area contributed by atoms with Crippen LogP contribution in [0.1, 0.15) is 19.4 Å². The van der Waals surface area contributed by atoms with Crippen LogP contribution in [-0.4, -0.2) is 5.54 Å². The molecule has 0 saturated carbocycles. The van der Waals surface area contributed by atoms with Crippen LogP contribution in [0.15, 0.2) is 4.47 Å². The summed E-state index contributed by atoms with van der Waals surface area (Å²) < 4.78 is 39.9. The molecule has 0 fully saturated rings. The van der Waals surface area contributed by atoms with Crippen molar-refractivity contribution < 1.29 is 13.2 Å². The first-order valence-corrected chi connectivity index (χ1v) is 5.61. The summed E-state index contributed by atoms with van der Waals surface area (Å²) in [5.41, 5.74) is 4.75. The summed E-state index contributed by atoms with van der Waals surface area (Å²) in [5.74, 6) is -3.57. The Labute approximate surface area is 105 Å². The Kier molecular flexibility index (Phi) is 3.92. The fourth-order valence-electron chi connectivity index (χ4n) is 1.26. The van der Waals surface area contributed by atoms with Gasteiger partial charge in [-0.3, -0.25) is 0 Å². The van der Waals surface area contributed by atoms with E-state index in [9.17, 15) is 13.2 Å². The van der Waals surface area contributed by atoms with E-state index in [1.165, 1.54) is 0 Å². The van der Waals surface area contributed by atoms with Crippen LogP contribution in [0.25, 0.3) is 0 Å². The van der Waals surface area contributed by atoms with Gasteiger partial charge in [-0.05, 0) is 36.2 Å². The minimum atomic E-state index is -1.39. The maximum Gasteiger partial charge on any atom is 0.180 e. The molecule has 1 nitrogen and oxygen atoms in total. The largest absolute Gasteiger partial charge is 0.325 e. The van der Waals surface area contributed by atoms with E-state index in [0.29, 0.717) is 0 Å². The van der Waals surface area contributed by atoms with E-state index >= 15 is 0 Å². The molecule has 1 aromatic rings. The third kappa shape index (κ3) is 2.70. The zero-order valence-electron chi connectivity index (χ0n) is 8.67. The second kappa shape index (κ2) is 4.55. The van der Waals surface area contributed by atoms with E-state index < -0.39 is 28.0 Å². The van der Waals surface area contributed by atoms with Gasteiger partial charge >= 0.3 is 0 Å². The van der Waals surface area contributed by atoms with Crippen LogP contribution in [0.5, 0.6) is 0 Å². The number of rotatable bonds is 2. The van der Waals surface area contributed by atoms with Crippen LogP contribution in [0.3, 0.4) is 0 Å². The number of hydrogen-bond acceptors (Lipinski definition) is 1. The van der Waals surface area contributed by atoms with E-state index in [1.54, 1.807) is 13.8 Å². The molecule has 0 spiro atoms. The molecule has 0 heterocycles. The SMILES string of the molecule is CC(C)(N)Cc1c(F)c(F)c(Cl)c(F)c1Br. The van der Waals surface area contributed by atoms with Crippen LogP contribution in [-0.2, 0) is 6.42 Å². The standard InChI is InChI=1S/C10H10BrClF3N/c1-10(2,16)3-4-5(11)8(14)6(12)9(15)7(4)13/h3,16H2,1-2H3. The number of halogens is 5. The second-order valence-electron chi connectivity index (χ2n) is 4.21. The molecule has 0 aromatic heterocycles. The van der Waals surface area contributed by atoms with E-state index in [4.69, 9.17) is 17.3 Å². The smallest absolute Gasteiger partial charge is 0.180 e. The highest BCUT2D eigenvalue weighted by Crippen LogP contribution is 2.33. The average Bonchev–Trinajstić information content (AvgIpc) is 2.17. The quantitative estimate of drug-likeness (QED) is 0.652. The molecular formula is C10H10BrClF3N. The highest BCUT2D eigenvalue weighted by atomic mass is 79.9. The van der Waals surface area contributed by atoms with Gasteiger partial charge in [-0.2, -0.15) is 0 Å². The molecule has 1 rings (SSSR count). The second-order valence-corrected chi connectivity index (χ2v) is 5.38. The minimum Gasteiger partial charge on any atom is -0.325 e. The van der Waals surface area contributed by atoms with E-state index in [2.05, 4.69) is 15.9 Å². The van der Waals surface area contributed by atoms with E-state index in [0.717, 1.165) is 0 Å². The van der Waals surface area contributed by atoms with Crippen molar-refractivity contribution in [1.82, 2.24) is 0 Å². The van der Waals surface area contributed by atoms with E-state index in [1.807, 2.05) is 0 Å². The van der Waals surface area contributed by atoms with Crippen LogP contribution in [0.4, 0.5) is 13.2 Å². The van der Waals surface area contributed by atoms with Crippen LogP contribution in [0.2, 0.25) is 5.02 Å². The van der Waals surface area contributed by atoms with Crippen molar-refractivity contribution in [2.45, 2.75) is 25.8 Å². The minimum absolute atomic E-state index is 0.00950. The van der Waals surface area contributed by atoms with Gasteiger partial charge in [0, 0.05) is 11.1 Å². The summed E-state index contributed by atoms with van der Waals surface area (Å²) in [5, 5.41) is -0.858. The molecule has 6 heteroatoms. The fraction of sp³-hybridized carbons (Fsp3) is 0.400.